The molecule has 0 bridgehead atoms. The first-order valence-electron chi connectivity index (χ1n) is 7.92. The summed E-state index contributed by atoms with van der Waals surface area (Å²) >= 11 is 0. The highest BCUT2D eigenvalue weighted by Crippen LogP contribution is 2.12. The van der Waals surface area contributed by atoms with E-state index in [1.54, 1.807) is 6.07 Å². The summed E-state index contributed by atoms with van der Waals surface area (Å²) in [4.78, 5) is 16.7. The van der Waals surface area contributed by atoms with Crippen molar-refractivity contribution in [3.05, 3.63) is 65.4 Å². The Morgan fingerprint density at radius 1 is 1.29 bits per heavy atom. The molecule has 1 N–H and O–H groups in total. The van der Waals surface area contributed by atoms with E-state index in [0.717, 1.165) is 17.5 Å². The largest absolute Gasteiger partial charge is 0.345 e. The normalized spacial score (nSPS) is 12.1. The number of carbonyl (C=O) groups is 1. The Bertz CT molecular complexity index is 766. The van der Waals surface area contributed by atoms with Crippen LogP contribution in [0, 0.1) is 11.3 Å². The maximum atomic E-state index is 12.3. The predicted octanol–water partition coefficient (Wildman–Crippen LogP) is 2.63. The zero-order valence-electron chi connectivity index (χ0n) is 13.9. The Morgan fingerprint density at radius 2 is 2.04 bits per heavy atom. The van der Waals surface area contributed by atoms with Crippen molar-refractivity contribution in [2.45, 2.75) is 26.2 Å². The molecule has 0 spiro atoms. The van der Waals surface area contributed by atoms with Crippen molar-refractivity contribution >= 4 is 24.9 Å². The van der Waals surface area contributed by atoms with Crippen LogP contribution < -0.4 is 10.9 Å². The fraction of sp³-hybridized carbons (Fsp3) is 0.211. The lowest BCUT2D eigenvalue weighted by Crippen LogP contribution is -2.27. The Hall–Kier alpha value is -2.87. The van der Waals surface area contributed by atoms with Crippen LogP contribution in [0.1, 0.15) is 31.1 Å². The van der Waals surface area contributed by atoms with Gasteiger partial charge in [-0.2, -0.15) is 5.26 Å². The molecule has 1 aromatic carbocycles. The first-order valence-corrected chi connectivity index (χ1v) is 7.92. The van der Waals surface area contributed by atoms with Gasteiger partial charge in [0.1, 0.15) is 11.6 Å². The molecule has 1 aromatic heterocycles. The third kappa shape index (κ3) is 4.82. The summed E-state index contributed by atoms with van der Waals surface area (Å²) in [6.07, 6.45) is 2.39. The maximum absolute atomic E-state index is 12.3. The summed E-state index contributed by atoms with van der Waals surface area (Å²) in [5.41, 5.74) is 2.46. The number of nitriles is 1. The van der Waals surface area contributed by atoms with Gasteiger partial charge < -0.3 is 5.32 Å². The fourth-order valence-electron chi connectivity index (χ4n) is 2.27. The minimum absolute atomic E-state index is 0.0407. The molecule has 2 rings (SSSR count). The van der Waals surface area contributed by atoms with E-state index in [9.17, 15) is 10.1 Å². The molecule has 1 radical (unpaired) electrons. The van der Waals surface area contributed by atoms with Gasteiger partial charge in [-0.15, -0.1) is 0 Å². The average Bonchev–Trinajstić information content (AvgIpc) is 2.61. The van der Waals surface area contributed by atoms with Gasteiger partial charge in [-0.3, -0.25) is 9.78 Å². The van der Waals surface area contributed by atoms with Crippen LogP contribution in [0.3, 0.4) is 0 Å². The number of nitrogens with zero attached hydrogens (tertiary/aromatic N) is 2. The minimum atomic E-state index is -0.402. The lowest BCUT2D eigenvalue weighted by Gasteiger charge is -2.13. The summed E-state index contributed by atoms with van der Waals surface area (Å²) < 4.78 is 0. The standard InChI is InChI=1S/C19H19BN3O/c1-3-20-18-11-7-10-17(23-18)12-16(13-21)19(24)22-14(2)15-8-5-4-6-9-15/h4-12,14H,3H2,1-2H3,(H,22,24)/b16-12+/t14-/m0/s1. The van der Waals surface area contributed by atoms with E-state index in [1.165, 1.54) is 6.08 Å². The second kappa shape index (κ2) is 8.69. The molecule has 1 atom stereocenters. The van der Waals surface area contributed by atoms with Gasteiger partial charge >= 0.3 is 0 Å². The predicted molar refractivity (Wildman–Crippen MR) is 96.7 cm³/mol. The van der Waals surface area contributed by atoms with Crippen molar-refractivity contribution in [1.29, 1.82) is 5.26 Å². The van der Waals surface area contributed by atoms with Gasteiger partial charge in [0.2, 0.25) is 0 Å². The molecule has 0 aliphatic carbocycles. The van der Waals surface area contributed by atoms with Crippen LogP contribution in [-0.4, -0.2) is 18.2 Å². The number of aromatic nitrogens is 1. The Kier molecular flexibility index (Phi) is 6.33. The van der Waals surface area contributed by atoms with E-state index >= 15 is 0 Å². The summed E-state index contributed by atoms with van der Waals surface area (Å²) in [5, 5.41) is 12.1. The highest BCUT2D eigenvalue weighted by atomic mass is 16.1. The SMILES string of the molecule is CC[B]c1cccc(/C=C(\C#N)C(=O)N[C@@H](C)c2ccccc2)n1. The lowest BCUT2D eigenvalue weighted by atomic mass is 9.71. The molecule has 0 aliphatic rings. The molecular weight excluding hydrogens is 297 g/mol. The van der Waals surface area contributed by atoms with E-state index in [1.807, 2.05) is 69.7 Å². The van der Waals surface area contributed by atoms with E-state index in [2.05, 4.69) is 10.3 Å². The molecule has 0 unspecified atom stereocenters. The summed E-state index contributed by atoms with van der Waals surface area (Å²) in [6.45, 7) is 3.92. The van der Waals surface area contributed by atoms with Crippen LogP contribution >= 0.6 is 0 Å². The van der Waals surface area contributed by atoms with Gasteiger partial charge in [-0.05, 0) is 30.2 Å². The van der Waals surface area contributed by atoms with Gasteiger partial charge in [0, 0.05) is 0 Å². The average molecular weight is 316 g/mol. The molecule has 119 valence electrons. The third-order valence-corrected chi connectivity index (χ3v) is 3.51. The van der Waals surface area contributed by atoms with Crippen LogP contribution in [0.5, 0.6) is 0 Å². The number of benzene rings is 1. The number of amides is 1. The summed E-state index contributed by atoms with van der Waals surface area (Å²) in [6, 6.07) is 16.9. The number of nitrogens with one attached hydrogen (secondary N) is 1. The monoisotopic (exact) mass is 316 g/mol. The Labute approximate surface area is 143 Å². The second-order valence-corrected chi connectivity index (χ2v) is 5.38. The van der Waals surface area contributed by atoms with Gasteiger partial charge in [-0.1, -0.05) is 55.7 Å². The lowest BCUT2D eigenvalue weighted by molar-refractivity contribution is -0.117. The van der Waals surface area contributed by atoms with E-state index in [4.69, 9.17) is 0 Å². The molecule has 0 saturated carbocycles. The Balaban J connectivity index is 2.14. The zero-order chi connectivity index (χ0) is 17.4. The maximum Gasteiger partial charge on any atom is 0.262 e. The molecular formula is C19H19BN3O. The van der Waals surface area contributed by atoms with Crippen molar-refractivity contribution in [2.24, 2.45) is 0 Å². The molecule has 1 amide bonds. The third-order valence-electron chi connectivity index (χ3n) is 3.51. The fourth-order valence-corrected chi connectivity index (χ4v) is 2.27. The van der Waals surface area contributed by atoms with Gasteiger partial charge in [0.15, 0.2) is 7.28 Å². The number of rotatable bonds is 6. The van der Waals surface area contributed by atoms with E-state index < -0.39 is 5.91 Å². The van der Waals surface area contributed by atoms with Crippen molar-refractivity contribution in [3.8, 4) is 6.07 Å². The van der Waals surface area contributed by atoms with Gasteiger partial charge in [0.05, 0.1) is 11.7 Å². The van der Waals surface area contributed by atoms with Crippen LogP contribution in [-0.2, 0) is 4.79 Å². The van der Waals surface area contributed by atoms with Crippen LogP contribution in [0.2, 0.25) is 6.32 Å². The first-order chi connectivity index (χ1) is 11.6. The molecule has 5 heteroatoms. The summed E-state index contributed by atoms with van der Waals surface area (Å²) in [7, 11) is 1.99. The number of carbonyl (C=O) groups excluding carboxylic acids is 1. The first kappa shape index (κ1) is 17.5. The van der Waals surface area contributed by atoms with E-state index in [0.29, 0.717) is 5.69 Å². The molecule has 4 nitrogen and oxygen atoms in total. The number of pyridine rings is 1. The van der Waals surface area contributed by atoms with Crippen molar-refractivity contribution < 1.29 is 4.79 Å². The number of hydrogen-bond acceptors (Lipinski definition) is 3. The van der Waals surface area contributed by atoms with Crippen LogP contribution in [0.25, 0.3) is 6.08 Å². The quantitative estimate of drug-likeness (QED) is 0.506. The highest BCUT2D eigenvalue weighted by molar-refractivity contribution is 6.52. The number of hydrogen-bond donors (Lipinski definition) is 1. The van der Waals surface area contributed by atoms with Crippen molar-refractivity contribution in [2.75, 3.05) is 0 Å². The topological polar surface area (TPSA) is 65.8 Å². The van der Waals surface area contributed by atoms with Gasteiger partial charge in [0.25, 0.3) is 5.91 Å². The smallest absolute Gasteiger partial charge is 0.262 e. The molecule has 2 aromatic rings. The molecule has 0 fully saturated rings. The molecule has 24 heavy (non-hydrogen) atoms. The van der Waals surface area contributed by atoms with Crippen LogP contribution in [0.4, 0.5) is 0 Å². The molecule has 1 heterocycles. The summed E-state index contributed by atoms with van der Waals surface area (Å²) in [5.74, 6) is -0.402. The van der Waals surface area contributed by atoms with E-state index in [-0.39, 0.29) is 11.6 Å². The van der Waals surface area contributed by atoms with Crippen molar-refractivity contribution in [3.63, 3.8) is 0 Å². The highest BCUT2D eigenvalue weighted by Gasteiger charge is 2.14. The second-order valence-electron chi connectivity index (χ2n) is 5.38. The Morgan fingerprint density at radius 3 is 2.71 bits per heavy atom. The van der Waals surface area contributed by atoms with Crippen molar-refractivity contribution in [1.82, 2.24) is 10.3 Å². The van der Waals surface area contributed by atoms with Gasteiger partial charge in [-0.25, -0.2) is 0 Å². The van der Waals surface area contributed by atoms with Crippen LogP contribution in [0.15, 0.2) is 54.1 Å². The minimum Gasteiger partial charge on any atom is -0.345 e. The zero-order valence-corrected chi connectivity index (χ0v) is 13.9. The molecule has 0 saturated heterocycles. The molecule has 0 aliphatic heterocycles.